The van der Waals surface area contributed by atoms with Crippen molar-refractivity contribution >= 4 is 34.6 Å². The Morgan fingerprint density at radius 1 is 1.00 bits per heavy atom. The molecule has 4 heterocycles. The smallest absolute Gasteiger partial charge is 0.174 e. The number of anilines is 1. The van der Waals surface area contributed by atoms with E-state index in [9.17, 15) is 5.11 Å². The number of hydrogen-bond acceptors (Lipinski definition) is 4. The summed E-state index contributed by atoms with van der Waals surface area (Å²) in [5.74, 6) is 0.105. The molecule has 1 aliphatic rings. The predicted molar refractivity (Wildman–Crippen MR) is 129 cm³/mol. The number of rotatable bonds is 5. The van der Waals surface area contributed by atoms with E-state index < -0.39 is 0 Å². The van der Waals surface area contributed by atoms with Crippen LogP contribution in [-0.2, 0) is 6.54 Å². The van der Waals surface area contributed by atoms with Crippen LogP contribution >= 0.6 is 23.8 Å². The molecule has 0 saturated carbocycles. The molecule has 160 valence electrons. The highest BCUT2D eigenvalue weighted by Crippen LogP contribution is 2.45. The average Bonchev–Trinajstić information content (AvgIpc) is 3.40. The summed E-state index contributed by atoms with van der Waals surface area (Å²) >= 11 is 12.0. The third kappa shape index (κ3) is 3.81. The van der Waals surface area contributed by atoms with E-state index in [-0.39, 0.29) is 17.8 Å². The molecule has 1 aliphatic heterocycles. The summed E-state index contributed by atoms with van der Waals surface area (Å²) in [7, 11) is 0. The molecule has 5 rings (SSSR count). The molecule has 6 nitrogen and oxygen atoms in total. The van der Waals surface area contributed by atoms with Crippen LogP contribution < -0.4 is 10.2 Å². The first-order valence-corrected chi connectivity index (χ1v) is 10.9. The lowest BCUT2D eigenvalue weighted by Gasteiger charge is -2.29. The number of phenols is 1. The molecule has 3 aromatic heterocycles. The second-order valence-electron chi connectivity index (χ2n) is 7.51. The van der Waals surface area contributed by atoms with Crippen LogP contribution in [0.1, 0.15) is 29.2 Å². The Balaban J connectivity index is 1.63. The van der Waals surface area contributed by atoms with Gasteiger partial charge in [-0.15, -0.1) is 0 Å². The molecule has 1 fully saturated rings. The van der Waals surface area contributed by atoms with E-state index in [1.54, 1.807) is 30.6 Å². The number of hydrogen-bond donors (Lipinski definition) is 2. The molecular weight excluding hydrogens is 442 g/mol. The van der Waals surface area contributed by atoms with Crippen molar-refractivity contribution in [2.75, 3.05) is 4.90 Å². The number of nitrogens with one attached hydrogen (secondary N) is 1. The largest absolute Gasteiger partial charge is 0.506 e. The predicted octanol–water partition coefficient (Wildman–Crippen LogP) is 4.86. The van der Waals surface area contributed by atoms with Gasteiger partial charge < -0.3 is 19.9 Å². The molecule has 2 N–H and O–H groups in total. The molecule has 4 aromatic rings. The van der Waals surface area contributed by atoms with Crippen molar-refractivity contribution in [3.8, 4) is 5.75 Å². The van der Waals surface area contributed by atoms with Gasteiger partial charge in [-0.05, 0) is 66.8 Å². The molecule has 0 bridgehead atoms. The Morgan fingerprint density at radius 3 is 2.56 bits per heavy atom. The van der Waals surface area contributed by atoms with E-state index >= 15 is 0 Å². The maximum absolute atomic E-state index is 10.7. The lowest BCUT2D eigenvalue weighted by atomic mass is 10.0. The van der Waals surface area contributed by atoms with Crippen LogP contribution in [0.4, 0.5) is 5.69 Å². The van der Waals surface area contributed by atoms with Crippen molar-refractivity contribution in [2.24, 2.45) is 0 Å². The SMILES string of the molecule is Oc1ccc(Cl)cc1N1C(=S)NC(c2ccccn2)C1c1cccn1Cc1ccccn1. The number of thiocarbonyl (C=S) groups is 1. The Kier molecular flexibility index (Phi) is 5.51. The molecule has 2 unspecified atom stereocenters. The molecule has 1 aromatic carbocycles. The highest BCUT2D eigenvalue weighted by Gasteiger charge is 2.42. The van der Waals surface area contributed by atoms with Gasteiger partial charge in [-0.3, -0.25) is 9.97 Å². The lowest BCUT2D eigenvalue weighted by molar-refractivity contribution is 0.471. The van der Waals surface area contributed by atoms with E-state index in [4.69, 9.17) is 23.8 Å². The van der Waals surface area contributed by atoms with Crippen LogP contribution in [0, 0.1) is 0 Å². The van der Waals surface area contributed by atoms with Crippen LogP contribution in [0.3, 0.4) is 0 Å². The molecule has 0 amide bonds. The first-order chi connectivity index (χ1) is 15.6. The number of pyridine rings is 2. The zero-order valence-corrected chi connectivity index (χ0v) is 18.5. The van der Waals surface area contributed by atoms with E-state index in [0.717, 1.165) is 17.1 Å². The third-order valence-electron chi connectivity index (χ3n) is 5.52. The first-order valence-electron chi connectivity index (χ1n) is 10.2. The Labute approximate surface area is 196 Å². The number of aromatic hydroxyl groups is 1. The van der Waals surface area contributed by atoms with Crippen LogP contribution in [0.15, 0.2) is 85.3 Å². The molecule has 32 heavy (non-hydrogen) atoms. The summed E-state index contributed by atoms with van der Waals surface area (Å²) in [4.78, 5) is 11.0. The van der Waals surface area contributed by atoms with Gasteiger partial charge in [0.05, 0.1) is 29.7 Å². The van der Waals surface area contributed by atoms with Crippen molar-refractivity contribution in [3.63, 3.8) is 0 Å². The van der Waals surface area contributed by atoms with Crippen LogP contribution in [-0.4, -0.2) is 24.8 Å². The van der Waals surface area contributed by atoms with E-state index in [1.807, 2.05) is 53.6 Å². The van der Waals surface area contributed by atoms with Gasteiger partial charge in [0.2, 0.25) is 0 Å². The number of nitrogens with zero attached hydrogens (tertiary/aromatic N) is 4. The summed E-state index contributed by atoms with van der Waals surface area (Å²) in [6, 6.07) is 20.2. The minimum Gasteiger partial charge on any atom is -0.506 e. The van der Waals surface area contributed by atoms with Gasteiger partial charge >= 0.3 is 0 Å². The maximum Gasteiger partial charge on any atom is 0.174 e. The fraction of sp³-hybridized carbons (Fsp3) is 0.125. The average molecular weight is 462 g/mol. The number of halogens is 1. The Hall–Kier alpha value is -3.42. The zero-order valence-electron chi connectivity index (χ0n) is 17.0. The Bertz CT molecular complexity index is 1250. The van der Waals surface area contributed by atoms with Gasteiger partial charge in [0.1, 0.15) is 11.8 Å². The lowest BCUT2D eigenvalue weighted by Crippen LogP contribution is -2.30. The minimum atomic E-state index is -0.263. The normalized spacial score (nSPS) is 18.0. The number of benzene rings is 1. The quantitative estimate of drug-likeness (QED) is 0.414. The number of phenolic OH excluding ortho intramolecular Hbond substituents is 1. The van der Waals surface area contributed by atoms with Gasteiger partial charge in [0.25, 0.3) is 0 Å². The van der Waals surface area contributed by atoms with E-state index in [0.29, 0.717) is 22.4 Å². The van der Waals surface area contributed by atoms with Gasteiger partial charge in [0, 0.05) is 29.3 Å². The third-order valence-corrected chi connectivity index (χ3v) is 6.07. The summed E-state index contributed by atoms with van der Waals surface area (Å²) in [5.41, 5.74) is 3.36. The summed E-state index contributed by atoms with van der Waals surface area (Å²) in [5, 5.41) is 15.1. The molecule has 1 saturated heterocycles. The van der Waals surface area contributed by atoms with E-state index in [2.05, 4.69) is 25.9 Å². The zero-order chi connectivity index (χ0) is 22.1. The molecule has 8 heteroatoms. The fourth-order valence-corrected chi connectivity index (χ4v) is 4.62. The molecule has 2 atom stereocenters. The van der Waals surface area contributed by atoms with Crippen molar-refractivity contribution in [2.45, 2.75) is 18.6 Å². The second-order valence-corrected chi connectivity index (χ2v) is 8.33. The van der Waals surface area contributed by atoms with Gasteiger partial charge in [0.15, 0.2) is 5.11 Å². The van der Waals surface area contributed by atoms with Gasteiger partial charge in [-0.1, -0.05) is 23.7 Å². The second kappa shape index (κ2) is 8.61. The number of aromatic nitrogens is 3. The first kappa shape index (κ1) is 20.5. The molecular formula is C24H20ClN5OS. The van der Waals surface area contributed by atoms with Crippen LogP contribution in [0.5, 0.6) is 5.75 Å². The topological polar surface area (TPSA) is 66.2 Å². The summed E-state index contributed by atoms with van der Waals surface area (Å²) in [6.45, 7) is 0.608. The van der Waals surface area contributed by atoms with Crippen molar-refractivity contribution in [1.29, 1.82) is 0 Å². The van der Waals surface area contributed by atoms with Gasteiger partial charge in [-0.2, -0.15) is 0 Å². The summed E-state index contributed by atoms with van der Waals surface area (Å²) in [6.07, 6.45) is 5.58. The van der Waals surface area contributed by atoms with Crippen LogP contribution in [0.2, 0.25) is 5.02 Å². The highest BCUT2D eigenvalue weighted by molar-refractivity contribution is 7.80. The molecule has 0 spiro atoms. The molecule has 0 aliphatic carbocycles. The minimum absolute atomic E-state index is 0.105. The summed E-state index contributed by atoms with van der Waals surface area (Å²) < 4.78 is 2.15. The van der Waals surface area contributed by atoms with Crippen molar-refractivity contribution in [1.82, 2.24) is 19.9 Å². The van der Waals surface area contributed by atoms with Crippen molar-refractivity contribution < 1.29 is 5.11 Å². The fourth-order valence-electron chi connectivity index (χ4n) is 4.11. The standard InChI is InChI=1S/C24H20ClN5OS/c25-16-9-10-21(31)20(14-16)30-23(22(28-24(30)32)18-7-2-4-12-27-18)19-8-5-13-29(19)15-17-6-1-3-11-26-17/h1-14,22-23,31H,15H2,(H,28,32). The van der Waals surface area contributed by atoms with Gasteiger partial charge in [-0.25, -0.2) is 0 Å². The Morgan fingerprint density at radius 2 is 1.81 bits per heavy atom. The highest BCUT2D eigenvalue weighted by atomic mass is 35.5. The van der Waals surface area contributed by atoms with E-state index in [1.165, 1.54) is 0 Å². The maximum atomic E-state index is 10.7. The van der Waals surface area contributed by atoms with Crippen LogP contribution in [0.25, 0.3) is 0 Å². The molecule has 0 radical (unpaired) electrons. The van der Waals surface area contributed by atoms with Crippen molar-refractivity contribution in [3.05, 3.63) is 107 Å². The monoisotopic (exact) mass is 461 g/mol.